The number of anilines is 1. The summed E-state index contributed by atoms with van der Waals surface area (Å²) in [6.45, 7) is 5.84. The molecular weight excluding hydrogens is 214 g/mol. The minimum absolute atomic E-state index is 0.0901. The first-order valence-corrected chi connectivity index (χ1v) is 6.12. The van der Waals surface area contributed by atoms with E-state index >= 15 is 0 Å². The summed E-state index contributed by atoms with van der Waals surface area (Å²) in [5.74, 6) is 0.118. The third-order valence-corrected chi connectivity index (χ3v) is 3.53. The summed E-state index contributed by atoms with van der Waals surface area (Å²) in [5.41, 5.74) is 3.30. The second-order valence-corrected chi connectivity index (χ2v) is 4.77. The second-order valence-electron chi connectivity index (χ2n) is 4.77. The maximum Gasteiger partial charge on any atom is 0.246 e. The highest BCUT2D eigenvalue weighted by Crippen LogP contribution is 2.35. The van der Waals surface area contributed by atoms with Crippen LogP contribution in [0.25, 0.3) is 0 Å². The fraction of sp³-hybridized carbons (Fsp3) is 0.462. The van der Waals surface area contributed by atoms with Crippen LogP contribution in [0.5, 0.6) is 0 Å². The van der Waals surface area contributed by atoms with Gasteiger partial charge in [-0.15, -0.1) is 0 Å². The van der Waals surface area contributed by atoms with Gasteiger partial charge in [0.15, 0.2) is 0 Å². The van der Waals surface area contributed by atoms with Crippen LogP contribution < -0.4 is 10.6 Å². The van der Waals surface area contributed by atoms with Gasteiger partial charge in [0.2, 0.25) is 5.91 Å². The number of fused-ring (bicyclic) bond motifs is 1. The maximum absolute atomic E-state index is 12.1. The van der Waals surface area contributed by atoms with E-state index in [1.165, 1.54) is 5.56 Å². The zero-order chi connectivity index (χ0) is 11.8. The van der Waals surface area contributed by atoms with Crippen LogP contribution >= 0.6 is 0 Å². The summed E-state index contributed by atoms with van der Waals surface area (Å²) in [7, 11) is 0. The van der Waals surface area contributed by atoms with Gasteiger partial charge in [-0.05, 0) is 18.6 Å². The molecule has 2 aliphatic heterocycles. The first-order chi connectivity index (χ1) is 8.25. The maximum atomic E-state index is 12.1. The van der Waals surface area contributed by atoms with Gasteiger partial charge in [-0.2, -0.15) is 0 Å². The van der Waals surface area contributed by atoms with Crippen molar-refractivity contribution >= 4 is 11.6 Å². The summed E-state index contributed by atoms with van der Waals surface area (Å²) >= 11 is 0. The average molecular weight is 231 g/mol. The van der Waals surface area contributed by atoms with Crippen molar-refractivity contribution in [2.24, 2.45) is 0 Å². The Hall–Kier alpha value is -1.39. The standard InChI is InChI=1S/C13H17N3O/c1-9-2-3-10-11(8-9)15-13(17)12(10)16-6-4-14-5-7-16/h2-3,8,12,14H,4-7H2,1H3,(H,15,17). The van der Waals surface area contributed by atoms with E-state index in [4.69, 9.17) is 0 Å². The molecule has 3 rings (SSSR count). The van der Waals surface area contributed by atoms with Gasteiger partial charge in [0, 0.05) is 37.4 Å². The van der Waals surface area contributed by atoms with Gasteiger partial charge in [0.05, 0.1) is 0 Å². The number of hydrogen-bond acceptors (Lipinski definition) is 3. The van der Waals surface area contributed by atoms with E-state index in [0.717, 1.165) is 37.4 Å². The quantitative estimate of drug-likeness (QED) is 0.754. The van der Waals surface area contributed by atoms with Crippen molar-refractivity contribution in [1.82, 2.24) is 10.2 Å². The number of aryl methyl sites for hydroxylation is 1. The molecule has 4 heteroatoms. The van der Waals surface area contributed by atoms with E-state index in [9.17, 15) is 4.79 Å². The molecule has 2 N–H and O–H groups in total. The van der Waals surface area contributed by atoms with Crippen LogP contribution in [0.1, 0.15) is 17.2 Å². The number of nitrogens with zero attached hydrogens (tertiary/aromatic N) is 1. The van der Waals surface area contributed by atoms with Gasteiger partial charge < -0.3 is 10.6 Å². The Balaban J connectivity index is 1.93. The summed E-state index contributed by atoms with van der Waals surface area (Å²) < 4.78 is 0. The molecule has 1 unspecified atom stereocenters. The zero-order valence-electron chi connectivity index (χ0n) is 9.99. The van der Waals surface area contributed by atoms with E-state index in [-0.39, 0.29) is 11.9 Å². The molecule has 90 valence electrons. The van der Waals surface area contributed by atoms with Gasteiger partial charge in [-0.25, -0.2) is 0 Å². The molecule has 1 aromatic carbocycles. The highest BCUT2D eigenvalue weighted by Gasteiger charge is 2.35. The van der Waals surface area contributed by atoms with Gasteiger partial charge in [-0.1, -0.05) is 12.1 Å². The van der Waals surface area contributed by atoms with Crippen LogP contribution in [-0.4, -0.2) is 37.0 Å². The fourth-order valence-electron chi connectivity index (χ4n) is 2.66. The largest absolute Gasteiger partial charge is 0.324 e. The van der Waals surface area contributed by atoms with Gasteiger partial charge in [0.1, 0.15) is 6.04 Å². The molecule has 1 aromatic rings. The Morgan fingerprint density at radius 1 is 1.29 bits per heavy atom. The van der Waals surface area contributed by atoms with Crippen LogP contribution in [0.3, 0.4) is 0 Å². The van der Waals surface area contributed by atoms with Crippen molar-refractivity contribution < 1.29 is 4.79 Å². The molecule has 1 atom stereocenters. The molecule has 0 aromatic heterocycles. The Bertz CT molecular complexity index is 452. The molecule has 1 fully saturated rings. The van der Waals surface area contributed by atoms with Crippen LogP contribution in [-0.2, 0) is 4.79 Å². The molecule has 2 aliphatic rings. The predicted molar refractivity (Wildman–Crippen MR) is 67.0 cm³/mol. The Kier molecular flexibility index (Phi) is 2.61. The monoisotopic (exact) mass is 231 g/mol. The number of carbonyl (C=O) groups is 1. The van der Waals surface area contributed by atoms with Crippen LogP contribution in [0, 0.1) is 6.92 Å². The number of nitrogens with one attached hydrogen (secondary N) is 2. The Morgan fingerprint density at radius 2 is 2.06 bits per heavy atom. The van der Waals surface area contributed by atoms with Crippen molar-refractivity contribution in [1.29, 1.82) is 0 Å². The first kappa shape index (κ1) is 10.7. The lowest BCUT2D eigenvalue weighted by atomic mass is 10.0. The van der Waals surface area contributed by atoms with Crippen molar-refractivity contribution in [3.8, 4) is 0 Å². The molecule has 17 heavy (non-hydrogen) atoms. The Morgan fingerprint density at radius 3 is 2.82 bits per heavy atom. The summed E-state index contributed by atoms with van der Waals surface area (Å²) in [4.78, 5) is 14.3. The van der Waals surface area contributed by atoms with E-state index in [0.29, 0.717) is 0 Å². The minimum Gasteiger partial charge on any atom is -0.324 e. The van der Waals surface area contributed by atoms with Crippen LogP contribution in [0.2, 0.25) is 0 Å². The lowest BCUT2D eigenvalue weighted by Crippen LogP contribution is -2.46. The van der Waals surface area contributed by atoms with Crippen LogP contribution in [0.15, 0.2) is 18.2 Å². The SMILES string of the molecule is Cc1ccc2c(c1)NC(=O)C2N1CCNCC1. The van der Waals surface area contributed by atoms with Crippen molar-refractivity contribution in [3.05, 3.63) is 29.3 Å². The van der Waals surface area contributed by atoms with Crippen molar-refractivity contribution in [2.45, 2.75) is 13.0 Å². The molecule has 0 aliphatic carbocycles. The number of hydrogen-bond donors (Lipinski definition) is 2. The van der Waals surface area contributed by atoms with E-state index in [1.807, 2.05) is 6.92 Å². The van der Waals surface area contributed by atoms with Crippen LogP contribution in [0.4, 0.5) is 5.69 Å². The minimum atomic E-state index is -0.0901. The molecule has 0 saturated carbocycles. The lowest BCUT2D eigenvalue weighted by Gasteiger charge is -2.31. The number of rotatable bonds is 1. The number of amides is 1. The fourth-order valence-corrected chi connectivity index (χ4v) is 2.66. The second kappa shape index (κ2) is 4.13. The highest BCUT2D eigenvalue weighted by molar-refractivity contribution is 6.02. The smallest absolute Gasteiger partial charge is 0.246 e. The average Bonchev–Trinajstić information content (AvgIpc) is 2.65. The Labute approximate surface area is 101 Å². The molecule has 0 spiro atoms. The molecule has 1 amide bonds. The number of piperazine rings is 1. The molecule has 0 radical (unpaired) electrons. The molecular formula is C13H17N3O. The zero-order valence-corrected chi connectivity index (χ0v) is 9.99. The molecule has 1 saturated heterocycles. The molecule has 2 heterocycles. The summed E-state index contributed by atoms with van der Waals surface area (Å²) in [5, 5.41) is 6.30. The highest BCUT2D eigenvalue weighted by atomic mass is 16.2. The van der Waals surface area contributed by atoms with Gasteiger partial charge in [0.25, 0.3) is 0 Å². The topological polar surface area (TPSA) is 44.4 Å². The third kappa shape index (κ3) is 1.83. The predicted octanol–water partition coefficient (Wildman–Crippen LogP) is 0.893. The van der Waals surface area contributed by atoms with E-state index in [2.05, 4.69) is 33.7 Å². The van der Waals surface area contributed by atoms with E-state index < -0.39 is 0 Å². The van der Waals surface area contributed by atoms with Crippen molar-refractivity contribution in [3.63, 3.8) is 0 Å². The summed E-state index contributed by atoms with van der Waals surface area (Å²) in [6.07, 6.45) is 0. The third-order valence-electron chi connectivity index (χ3n) is 3.53. The van der Waals surface area contributed by atoms with Gasteiger partial charge >= 0.3 is 0 Å². The first-order valence-electron chi connectivity index (χ1n) is 6.12. The number of carbonyl (C=O) groups excluding carboxylic acids is 1. The van der Waals surface area contributed by atoms with Gasteiger partial charge in [-0.3, -0.25) is 9.69 Å². The summed E-state index contributed by atoms with van der Waals surface area (Å²) in [6, 6.07) is 6.12. The molecule has 4 nitrogen and oxygen atoms in total. The number of benzene rings is 1. The lowest BCUT2D eigenvalue weighted by molar-refractivity contribution is -0.121. The normalized spacial score (nSPS) is 24.5. The van der Waals surface area contributed by atoms with E-state index in [1.54, 1.807) is 0 Å². The van der Waals surface area contributed by atoms with Crippen molar-refractivity contribution in [2.75, 3.05) is 31.5 Å². The molecule has 0 bridgehead atoms.